The Labute approximate surface area is 184 Å². The molecule has 0 amide bonds. The monoisotopic (exact) mass is 414 g/mol. The zero-order valence-electron chi connectivity index (χ0n) is 18.2. The largest absolute Gasteiger partial charge is 0.396 e. The number of nitrogens with zero attached hydrogens (tertiary/aromatic N) is 4. The third-order valence-electron chi connectivity index (χ3n) is 6.52. The minimum atomic E-state index is -0.0187. The summed E-state index contributed by atoms with van der Waals surface area (Å²) in [6.45, 7) is 13.1. The Kier molecular flexibility index (Phi) is 6.50. The average molecular weight is 415 g/mol. The van der Waals surface area contributed by atoms with E-state index in [2.05, 4.69) is 50.5 Å². The molecule has 1 N–H and O–H groups in total. The summed E-state index contributed by atoms with van der Waals surface area (Å²) in [6, 6.07) is 16.4. The van der Waals surface area contributed by atoms with Crippen LogP contribution in [0.2, 0.25) is 0 Å². The molecule has 1 aliphatic heterocycles. The van der Waals surface area contributed by atoms with Crippen LogP contribution in [0.3, 0.4) is 0 Å². The number of aromatic nitrogens is 2. The average Bonchev–Trinajstić information content (AvgIpc) is 3.22. The lowest BCUT2D eigenvalue weighted by Crippen LogP contribution is -2.43. The highest BCUT2D eigenvalue weighted by atomic mass is 16.3. The number of imidazole rings is 1. The lowest BCUT2D eigenvalue weighted by atomic mass is 9.74. The van der Waals surface area contributed by atoms with Crippen LogP contribution in [-0.4, -0.2) is 39.3 Å². The maximum Gasteiger partial charge on any atom is 0.187 e. The zero-order valence-corrected chi connectivity index (χ0v) is 18.2. The summed E-state index contributed by atoms with van der Waals surface area (Å²) in [4.78, 5) is 10.3. The minimum absolute atomic E-state index is 0.0187. The molecule has 0 aliphatic carbocycles. The number of hydrogen-bond acceptors (Lipinski definition) is 3. The van der Waals surface area contributed by atoms with Gasteiger partial charge < -0.3 is 9.67 Å². The highest BCUT2D eigenvalue weighted by Crippen LogP contribution is 2.35. The van der Waals surface area contributed by atoms with Crippen LogP contribution in [0.4, 0.5) is 5.69 Å². The van der Waals surface area contributed by atoms with Gasteiger partial charge in [0.25, 0.3) is 0 Å². The molecule has 3 aromatic rings. The van der Waals surface area contributed by atoms with Gasteiger partial charge in [0.05, 0.1) is 18.6 Å². The first-order chi connectivity index (χ1) is 15.1. The van der Waals surface area contributed by atoms with Gasteiger partial charge in [0.2, 0.25) is 0 Å². The molecule has 0 unspecified atom stereocenters. The Bertz CT molecular complexity index is 1040. The summed E-state index contributed by atoms with van der Waals surface area (Å²) in [6.07, 6.45) is 6.79. The van der Waals surface area contributed by atoms with E-state index in [-0.39, 0.29) is 12.0 Å². The highest BCUT2D eigenvalue weighted by Gasteiger charge is 2.34. The van der Waals surface area contributed by atoms with Crippen molar-refractivity contribution < 1.29 is 5.11 Å². The van der Waals surface area contributed by atoms with E-state index in [1.54, 1.807) is 0 Å². The second-order valence-electron chi connectivity index (χ2n) is 8.89. The van der Waals surface area contributed by atoms with Crippen molar-refractivity contribution in [3.05, 3.63) is 94.9 Å². The molecule has 2 aromatic carbocycles. The van der Waals surface area contributed by atoms with Crippen LogP contribution in [0.1, 0.15) is 35.2 Å². The lowest BCUT2D eigenvalue weighted by Gasteiger charge is -2.41. The van der Waals surface area contributed by atoms with Crippen molar-refractivity contribution >= 4 is 5.69 Å². The molecule has 5 heteroatoms. The molecule has 5 nitrogen and oxygen atoms in total. The van der Waals surface area contributed by atoms with E-state index in [0.717, 1.165) is 45.4 Å². The number of aryl methyl sites for hydroxylation is 1. The van der Waals surface area contributed by atoms with Gasteiger partial charge in [0.15, 0.2) is 5.69 Å². The molecular weight excluding hydrogens is 384 g/mol. The maximum atomic E-state index is 10.2. The summed E-state index contributed by atoms with van der Waals surface area (Å²) in [5.74, 6) is 0. The second kappa shape index (κ2) is 9.47. The van der Waals surface area contributed by atoms with Gasteiger partial charge in [-0.05, 0) is 55.8 Å². The van der Waals surface area contributed by atoms with Crippen LogP contribution in [0.25, 0.3) is 4.85 Å². The SMILES string of the molecule is [C-]#[N+]c1ccc(Cn2cncc2CN2CCC(CO)(Cc3cccc(C)c3)CC2)cc1. The predicted molar refractivity (Wildman–Crippen MR) is 123 cm³/mol. The van der Waals surface area contributed by atoms with E-state index in [0.29, 0.717) is 5.69 Å². The smallest absolute Gasteiger partial charge is 0.187 e. The Balaban J connectivity index is 1.36. The number of benzene rings is 2. The van der Waals surface area contributed by atoms with Crippen LogP contribution >= 0.6 is 0 Å². The Morgan fingerprint density at radius 1 is 1.06 bits per heavy atom. The minimum Gasteiger partial charge on any atom is -0.396 e. The molecular formula is C26H30N4O. The fourth-order valence-corrected chi connectivity index (χ4v) is 4.56. The molecule has 1 aliphatic rings. The molecule has 2 heterocycles. The summed E-state index contributed by atoms with van der Waals surface area (Å²) < 4.78 is 2.19. The number of aliphatic hydroxyl groups excluding tert-OH is 1. The Morgan fingerprint density at radius 2 is 1.84 bits per heavy atom. The number of likely N-dealkylation sites (tertiary alicyclic amines) is 1. The van der Waals surface area contributed by atoms with Gasteiger partial charge >= 0.3 is 0 Å². The van der Waals surface area contributed by atoms with E-state index in [1.165, 1.54) is 22.4 Å². The number of rotatable bonds is 7. The van der Waals surface area contributed by atoms with Gasteiger partial charge in [-0.15, -0.1) is 0 Å². The quantitative estimate of drug-likeness (QED) is 0.575. The van der Waals surface area contributed by atoms with Gasteiger partial charge in [-0.1, -0.05) is 54.1 Å². The van der Waals surface area contributed by atoms with E-state index < -0.39 is 0 Å². The fourth-order valence-electron chi connectivity index (χ4n) is 4.56. The number of hydrogen-bond donors (Lipinski definition) is 1. The van der Waals surface area contributed by atoms with Crippen molar-refractivity contribution in [2.75, 3.05) is 19.7 Å². The standard InChI is InChI=1S/C26H30N4O/c1-21-4-3-5-23(14-21)15-26(19-31)10-12-29(13-11-26)18-25-16-28-20-30(25)17-22-6-8-24(27-2)9-7-22/h3-9,14,16,20,31H,10-13,15,17-19H2,1H3. The van der Waals surface area contributed by atoms with Crippen LogP contribution in [0, 0.1) is 18.9 Å². The summed E-state index contributed by atoms with van der Waals surface area (Å²) in [7, 11) is 0. The summed E-state index contributed by atoms with van der Waals surface area (Å²) in [5, 5.41) is 10.2. The van der Waals surface area contributed by atoms with Crippen molar-refractivity contribution in [2.45, 2.75) is 39.3 Å². The van der Waals surface area contributed by atoms with Gasteiger partial charge in [-0.2, -0.15) is 0 Å². The van der Waals surface area contributed by atoms with Crippen molar-refractivity contribution in [1.82, 2.24) is 14.5 Å². The number of piperidine rings is 1. The van der Waals surface area contributed by atoms with Gasteiger partial charge in [0.1, 0.15) is 0 Å². The molecule has 0 radical (unpaired) electrons. The Morgan fingerprint density at radius 3 is 2.52 bits per heavy atom. The topological polar surface area (TPSA) is 45.7 Å². The molecule has 4 rings (SSSR count). The van der Waals surface area contributed by atoms with Crippen LogP contribution < -0.4 is 0 Å². The molecule has 31 heavy (non-hydrogen) atoms. The molecule has 160 valence electrons. The summed E-state index contributed by atoms with van der Waals surface area (Å²) >= 11 is 0. The van der Waals surface area contributed by atoms with Crippen molar-refractivity contribution in [2.24, 2.45) is 5.41 Å². The Hall–Kier alpha value is -2.94. The van der Waals surface area contributed by atoms with Crippen LogP contribution in [0.15, 0.2) is 61.1 Å². The van der Waals surface area contributed by atoms with Crippen LogP contribution in [0.5, 0.6) is 0 Å². The molecule has 0 bridgehead atoms. The van der Waals surface area contributed by atoms with Gasteiger partial charge in [-0.25, -0.2) is 9.83 Å². The fraction of sp³-hybridized carbons (Fsp3) is 0.385. The predicted octanol–water partition coefficient (Wildman–Crippen LogP) is 4.61. The van der Waals surface area contributed by atoms with E-state index in [9.17, 15) is 5.11 Å². The van der Waals surface area contributed by atoms with E-state index in [1.807, 2.05) is 36.8 Å². The van der Waals surface area contributed by atoms with Crippen LogP contribution in [-0.2, 0) is 19.5 Å². The highest BCUT2D eigenvalue weighted by molar-refractivity contribution is 5.45. The van der Waals surface area contributed by atoms with Crippen molar-refractivity contribution in [3.8, 4) is 0 Å². The summed E-state index contributed by atoms with van der Waals surface area (Å²) in [5.41, 5.74) is 5.62. The van der Waals surface area contributed by atoms with Gasteiger partial charge in [0, 0.05) is 25.9 Å². The molecule has 0 spiro atoms. The first-order valence-corrected chi connectivity index (χ1v) is 10.9. The molecule has 1 aromatic heterocycles. The molecule has 1 fully saturated rings. The molecule has 0 atom stereocenters. The first kappa shape index (κ1) is 21.3. The molecule has 1 saturated heterocycles. The number of aliphatic hydroxyl groups is 1. The normalized spacial score (nSPS) is 16.2. The van der Waals surface area contributed by atoms with Crippen molar-refractivity contribution in [1.29, 1.82) is 0 Å². The molecule has 0 saturated carbocycles. The van der Waals surface area contributed by atoms with Crippen molar-refractivity contribution in [3.63, 3.8) is 0 Å². The third kappa shape index (κ3) is 5.22. The lowest BCUT2D eigenvalue weighted by molar-refractivity contribution is 0.0406. The van der Waals surface area contributed by atoms with Gasteiger partial charge in [-0.3, -0.25) is 4.90 Å². The van der Waals surface area contributed by atoms with E-state index >= 15 is 0 Å². The van der Waals surface area contributed by atoms with E-state index in [4.69, 9.17) is 6.57 Å². The first-order valence-electron chi connectivity index (χ1n) is 10.9. The third-order valence-corrected chi connectivity index (χ3v) is 6.52. The zero-order chi connectivity index (χ0) is 21.7. The maximum absolute atomic E-state index is 10.2. The second-order valence-corrected chi connectivity index (χ2v) is 8.89.